The molecule has 1 atom stereocenters. The van der Waals surface area contributed by atoms with Gasteiger partial charge in [-0.1, -0.05) is 24.4 Å². The predicted molar refractivity (Wildman–Crippen MR) is 89.6 cm³/mol. The highest BCUT2D eigenvalue weighted by molar-refractivity contribution is 6.31. The molecule has 0 aliphatic carbocycles. The Morgan fingerprint density at radius 1 is 1.58 bits per heavy atom. The van der Waals surface area contributed by atoms with Crippen LogP contribution in [-0.4, -0.2) is 43.3 Å². The molecule has 24 heavy (non-hydrogen) atoms. The van der Waals surface area contributed by atoms with Gasteiger partial charge >= 0.3 is 6.09 Å². The number of carbonyl (C=O) groups excluding carboxylic acids is 1. The maximum absolute atomic E-state index is 14.1. The number of piperazine rings is 1. The summed E-state index contributed by atoms with van der Waals surface area (Å²) in [7, 11) is 0. The molecule has 1 saturated heterocycles. The number of nitrogens with zero attached hydrogens (tertiary/aromatic N) is 1. The highest BCUT2D eigenvalue weighted by Crippen LogP contribution is 2.27. The van der Waals surface area contributed by atoms with Gasteiger partial charge in [-0.3, -0.25) is 0 Å². The van der Waals surface area contributed by atoms with Gasteiger partial charge in [-0.05, 0) is 12.5 Å². The molecular formula is C17H20ClFN2O3. The standard InChI is InChI=1S/C17H20ClFN2O3/c1-3-7-23-13-8-15(18)14(16(19)9-13)11-24-17(22)21-6-5-20-10-12(21)4-2/h1,8-9,12,20H,4-7,10-11H2,2H3. The Morgan fingerprint density at radius 2 is 2.38 bits per heavy atom. The fourth-order valence-electron chi connectivity index (χ4n) is 2.51. The minimum absolute atomic E-state index is 0.0193. The second-order valence-electron chi connectivity index (χ2n) is 5.37. The Balaban J connectivity index is 2.00. The molecule has 1 aliphatic heterocycles. The van der Waals surface area contributed by atoms with Crippen molar-refractivity contribution in [1.82, 2.24) is 10.2 Å². The normalized spacial score (nSPS) is 17.2. The molecule has 0 spiro atoms. The molecule has 5 nitrogen and oxygen atoms in total. The van der Waals surface area contributed by atoms with Gasteiger partial charge in [0.25, 0.3) is 0 Å². The van der Waals surface area contributed by atoms with Crippen molar-refractivity contribution in [2.24, 2.45) is 0 Å². The number of halogens is 2. The first-order valence-corrected chi connectivity index (χ1v) is 8.12. The molecule has 0 saturated carbocycles. The summed E-state index contributed by atoms with van der Waals surface area (Å²) in [5.74, 6) is 1.92. The fraction of sp³-hybridized carbons (Fsp3) is 0.471. The molecule has 0 bridgehead atoms. The molecule has 1 fully saturated rings. The van der Waals surface area contributed by atoms with E-state index in [9.17, 15) is 9.18 Å². The summed E-state index contributed by atoms with van der Waals surface area (Å²) in [6.45, 7) is 3.78. The van der Waals surface area contributed by atoms with E-state index in [1.165, 1.54) is 12.1 Å². The van der Waals surface area contributed by atoms with Crippen molar-refractivity contribution in [1.29, 1.82) is 0 Å². The van der Waals surface area contributed by atoms with Crippen molar-refractivity contribution < 1.29 is 18.7 Å². The quantitative estimate of drug-likeness (QED) is 0.826. The van der Waals surface area contributed by atoms with Gasteiger partial charge in [0.1, 0.15) is 24.8 Å². The van der Waals surface area contributed by atoms with E-state index >= 15 is 0 Å². The number of carbonyl (C=O) groups is 1. The number of rotatable bonds is 5. The maximum Gasteiger partial charge on any atom is 0.410 e. The monoisotopic (exact) mass is 354 g/mol. The van der Waals surface area contributed by atoms with Crippen LogP contribution >= 0.6 is 11.6 Å². The molecule has 0 aromatic heterocycles. The van der Waals surface area contributed by atoms with Crippen LogP contribution in [0.1, 0.15) is 18.9 Å². The molecule has 1 aromatic rings. The van der Waals surface area contributed by atoms with Gasteiger partial charge in [-0.2, -0.15) is 0 Å². The molecule has 1 aromatic carbocycles. The van der Waals surface area contributed by atoms with Gasteiger partial charge < -0.3 is 19.7 Å². The van der Waals surface area contributed by atoms with Gasteiger partial charge in [0.2, 0.25) is 0 Å². The van der Waals surface area contributed by atoms with Crippen molar-refractivity contribution in [3.05, 3.63) is 28.5 Å². The summed E-state index contributed by atoms with van der Waals surface area (Å²) >= 11 is 6.05. The van der Waals surface area contributed by atoms with Crippen LogP contribution in [0.5, 0.6) is 5.75 Å². The second kappa shape index (κ2) is 8.76. The molecule has 130 valence electrons. The highest BCUT2D eigenvalue weighted by Gasteiger charge is 2.26. The average molecular weight is 355 g/mol. The number of benzene rings is 1. The third-order valence-corrected chi connectivity index (χ3v) is 4.17. The molecule has 1 aliphatic rings. The van der Waals surface area contributed by atoms with Crippen LogP contribution < -0.4 is 10.1 Å². The lowest BCUT2D eigenvalue weighted by Gasteiger charge is -2.34. The van der Waals surface area contributed by atoms with E-state index in [4.69, 9.17) is 27.5 Å². The first kappa shape index (κ1) is 18.4. The minimum Gasteiger partial charge on any atom is -0.481 e. The second-order valence-corrected chi connectivity index (χ2v) is 5.78. The SMILES string of the molecule is C#CCOc1cc(F)c(COC(=O)N2CCNCC2CC)c(Cl)c1. The number of hydrogen-bond donors (Lipinski definition) is 1. The molecule has 1 heterocycles. The van der Waals surface area contributed by atoms with Crippen molar-refractivity contribution in [2.75, 3.05) is 26.2 Å². The molecule has 1 unspecified atom stereocenters. The van der Waals surface area contributed by atoms with E-state index in [0.29, 0.717) is 13.1 Å². The van der Waals surface area contributed by atoms with E-state index in [2.05, 4.69) is 11.2 Å². The Hall–Kier alpha value is -1.97. The zero-order valence-electron chi connectivity index (χ0n) is 13.5. The zero-order valence-corrected chi connectivity index (χ0v) is 14.2. The van der Waals surface area contributed by atoms with Crippen LogP contribution in [0.4, 0.5) is 9.18 Å². The van der Waals surface area contributed by atoms with Gasteiger partial charge in [-0.25, -0.2) is 9.18 Å². The topological polar surface area (TPSA) is 50.8 Å². The molecule has 0 radical (unpaired) electrons. The lowest BCUT2D eigenvalue weighted by atomic mass is 10.1. The van der Waals surface area contributed by atoms with Gasteiger partial charge in [0.15, 0.2) is 0 Å². The van der Waals surface area contributed by atoms with Crippen LogP contribution in [0, 0.1) is 18.2 Å². The minimum atomic E-state index is -0.602. The molecule has 1 N–H and O–H groups in total. The van der Waals surface area contributed by atoms with Crippen LogP contribution in [-0.2, 0) is 11.3 Å². The molecule has 7 heteroatoms. The van der Waals surface area contributed by atoms with E-state index in [1.54, 1.807) is 4.90 Å². The smallest absolute Gasteiger partial charge is 0.410 e. The number of amides is 1. The predicted octanol–water partition coefficient (Wildman–Crippen LogP) is 2.81. The van der Waals surface area contributed by atoms with Crippen molar-refractivity contribution >= 4 is 17.7 Å². The first-order chi connectivity index (χ1) is 11.6. The fourth-order valence-corrected chi connectivity index (χ4v) is 2.76. The van der Waals surface area contributed by atoms with E-state index in [-0.39, 0.29) is 35.6 Å². The van der Waals surface area contributed by atoms with Gasteiger partial charge in [-0.15, -0.1) is 6.42 Å². The number of ether oxygens (including phenoxy) is 2. The summed E-state index contributed by atoms with van der Waals surface area (Å²) in [5, 5.41) is 3.35. The highest BCUT2D eigenvalue weighted by atomic mass is 35.5. The Morgan fingerprint density at radius 3 is 3.04 bits per heavy atom. The zero-order chi connectivity index (χ0) is 17.5. The first-order valence-electron chi connectivity index (χ1n) is 7.75. The van der Waals surface area contributed by atoms with Crippen LogP contribution in [0.3, 0.4) is 0 Å². The van der Waals surface area contributed by atoms with Crippen LogP contribution in [0.15, 0.2) is 12.1 Å². The average Bonchev–Trinajstić information content (AvgIpc) is 2.58. The third kappa shape index (κ3) is 4.53. The summed E-state index contributed by atoms with van der Waals surface area (Å²) in [6.07, 6.45) is 5.44. The Labute approximate surface area is 146 Å². The van der Waals surface area contributed by atoms with Crippen molar-refractivity contribution in [3.8, 4) is 18.1 Å². The summed E-state index contributed by atoms with van der Waals surface area (Å²) in [5.41, 5.74) is 0.112. The lowest BCUT2D eigenvalue weighted by Crippen LogP contribution is -2.53. The number of nitrogens with one attached hydrogen (secondary N) is 1. The van der Waals surface area contributed by atoms with Gasteiger partial charge in [0.05, 0.1) is 5.02 Å². The largest absolute Gasteiger partial charge is 0.481 e. The number of terminal acetylenes is 1. The van der Waals surface area contributed by atoms with Crippen LogP contribution in [0.2, 0.25) is 5.02 Å². The Kier molecular flexibility index (Phi) is 6.71. The third-order valence-electron chi connectivity index (χ3n) is 3.83. The van der Waals surface area contributed by atoms with Crippen LogP contribution in [0.25, 0.3) is 0 Å². The van der Waals surface area contributed by atoms with Crippen molar-refractivity contribution in [2.45, 2.75) is 26.0 Å². The summed E-state index contributed by atoms with van der Waals surface area (Å²) in [4.78, 5) is 13.9. The van der Waals surface area contributed by atoms with E-state index < -0.39 is 11.9 Å². The van der Waals surface area contributed by atoms with Gasteiger partial charge in [0, 0.05) is 37.3 Å². The van der Waals surface area contributed by atoms with E-state index in [0.717, 1.165) is 13.0 Å². The maximum atomic E-state index is 14.1. The van der Waals surface area contributed by atoms with Crippen molar-refractivity contribution in [3.63, 3.8) is 0 Å². The summed E-state index contributed by atoms with van der Waals surface area (Å²) in [6, 6.07) is 2.70. The van der Waals surface area contributed by atoms with E-state index in [1.807, 2.05) is 6.92 Å². The molecular weight excluding hydrogens is 335 g/mol. The Bertz CT molecular complexity index is 610. The molecule has 1 amide bonds. The molecule has 2 rings (SSSR count). The summed E-state index contributed by atoms with van der Waals surface area (Å²) < 4.78 is 24.5. The lowest BCUT2D eigenvalue weighted by molar-refractivity contribution is 0.0707. The number of hydrogen-bond acceptors (Lipinski definition) is 4.